The third-order valence-electron chi connectivity index (χ3n) is 8.64. The third kappa shape index (κ3) is 6.81. The highest BCUT2D eigenvalue weighted by Crippen LogP contribution is 2.48. The molecule has 1 aromatic heterocycles. The summed E-state index contributed by atoms with van der Waals surface area (Å²) in [6.07, 6.45) is 5.74. The summed E-state index contributed by atoms with van der Waals surface area (Å²) < 4.78 is 28.6. The number of tetrazole rings is 1. The lowest BCUT2D eigenvalue weighted by Gasteiger charge is -2.45. The molecule has 1 saturated carbocycles. The van der Waals surface area contributed by atoms with Gasteiger partial charge in [0, 0.05) is 17.2 Å². The van der Waals surface area contributed by atoms with Gasteiger partial charge in [0.05, 0.1) is 12.6 Å². The summed E-state index contributed by atoms with van der Waals surface area (Å²) >= 11 is 0. The van der Waals surface area contributed by atoms with Gasteiger partial charge in [0.15, 0.2) is 5.82 Å². The van der Waals surface area contributed by atoms with Gasteiger partial charge in [0.1, 0.15) is 23.0 Å². The number of carbonyl (C=O) groups excluding carboxylic acids is 2. The van der Waals surface area contributed by atoms with Crippen LogP contribution in [0.15, 0.2) is 47.5 Å². The molecular weight excluding hydrogens is 552 g/mol. The van der Waals surface area contributed by atoms with Gasteiger partial charge in [-0.05, 0) is 79.7 Å². The summed E-state index contributed by atoms with van der Waals surface area (Å²) in [6, 6.07) is 10.1. The van der Waals surface area contributed by atoms with Crippen LogP contribution in [0.5, 0.6) is 0 Å². The van der Waals surface area contributed by atoms with Crippen LogP contribution < -0.4 is 5.32 Å². The van der Waals surface area contributed by atoms with Crippen LogP contribution in [0.4, 0.5) is 8.78 Å². The van der Waals surface area contributed by atoms with Gasteiger partial charge < -0.3 is 10.2 Å². The maximum absolute atomic E-state index is 14.3. The molecule has 9 nitrogen and oxygen atoms in total. The molecule has 0 unspecified atom stereocenters. The number of H-pyrrole nitrogens is 1. The van der Waals surface area contributed by atoms with Crippen molar-refractivity contribution in [1.29, 1.82) is 0 Å². The maximum atomic E-state index is 14.3. The number of hydrogen-bond acceptors (Lipinski definition) is 6. The van der Waals surface area contributed by atoms with Crippen molar-refractivity contribution in [2.45, 2.75) is 90.9 Å². The highest BCUT2D eigenvalue weighted by molar-refractivity contribution is 6.46. The van der Waals surface area contributed by atoms with E-state index in [-0.39, 0.29) is 41.1 Å². The maximum Gasteiger partial charge on any atom is 0.275 e. The summed E-state index contributed by atoms with van der Waals surface area (Å²) in [5.41, 5.74) is 0.797. The lowest BCUT2D eigenvalue weighted by molar-refractivity contribution is -0.133. The predicted octanol–water partition coefficient (Wildman–Crippen LogP) is 5.90. The van der Waals surface area contributed by atoms with Crippen LogP contribution in [-0.4, -0.2) is 48.7 Å². The second-order valence-corrected chi connectivity index (χ2v) is 12.9. The predicted molar refractivity (Wildman–Crippen MR) is 158 cm³/mol. The van der Waals surface area contributed by atoms with Crippen molar-refractivity contribution in [2.24, 2.45) is 16.3 Å². The Bertz CT molecular complexity index is 1450. The van der Waals surface area contributed by atoms with E-state index in [9.17, 15) is 18.4 Å². The molecule has 1 spiro atoms. The number of benzene rings is 2. The minimum Gasteiger partial charge on any atom is -0.345 e. The summed E-state index contributed by atoms with van der Waals surface area (Å²) in [5.74, 6) is -1.17. The summed E-state index contributed by atoms with van der Waals surface area (Å²) in [4.78, 5) is 34.0. The molecule has 1 aliphatic carbocycles. The lowest BCUT2D eigenvalue weighted by atomic mass is 9.78. The minimum atomic E-state index is -0.802. The van der Waals surface area contributed by atoms with Crippen molar-refractivity contribution in [3.63, 3.8) is 0 Å². The number of hydrogen-bond donors (Lipinski definition) is 2. The first-order chi connectivity index (χ1) is 20.5. The van der Waals surface area contributed by atoms with Crippen LogP contribution in [0.2, 0.25) is 0 Å². The zero-order valence-corrected chi connectivity index (χ0v) is 25.2. The topological polar surface area (TPSA) is 116 Å². The third-order valence-corrected chi connectivity index (χ3v) is 8.64. The van der Waals surface area contributed by atoms with Gasteiger partial charge in [-0.2, -0.15) is 5.21 Å². The van der Waals surface area contributed by atoms with E-state index in [4.69, 9.17) is 4.99 Å². The Balaban J connectivity index is 1.49. The van der Waals surface area contributed by atoms with Crippen LogP contribution in [0.25, 0.3) is 0 Å². The quantitative estimate of drug-likeness (QED) is 0.321. The van der Waals surface area contributed by atoms with Crippen LogP contribution in [0.3, 0.4) is 0 Å². The Labute approximate surface area is 250 Å². The van der Waals surface area contributed by atoms with Crippen LogP contribution >= 0.6 is 0 Å². The van der Waals surface area contributed by atoms with E-state index in [0.717, 1.165) is 37.3 Å². The first-order valence-electron chi connectivity index (χ1n) is 15.0. The number of nitrogens with zero attached hydrogens (tertiary/aromatic N) is 5. The average Bonchev–Trinajstić information content (AvgIpc) is 3.58. The van der Waals surface area contributed by atoms with E-state index in [2.05, 4.69) is 53.6 Å². The first-order valence-corrected chi connectivity index (χ1v) is 15.0. The molecule has 2 aromatic carbocycles. The molecule has 0 saturated heterocycles. The molecule has 228 valence electrons. The number of amides is 2. The average molecular weight is 592 g/mol. The molecule has 0 bridgehead atoms. The van der Waals surface area contributed by atoms with E-state index in [0.29, 0.717) is 36.6 Å². The zero-order valence-electron chi connectivity index (χ0n) is 25.2. The zero-order chi connectivity index (χ0) is 30.8. The molecular formula is C32H39F2N7O2. The van der Waals surface area contributed by atoms with E-state index < -0.39 is 17.3 Å². The minimum absolute atomic E-state index is 0.00158. The second-order valence-electron chi connectivity index (χ2n) is 12.9. The van der Waals surface area contributed by atoms with E-state index in [1.807, 2.05) is 17.0 Å². The Kier molecular flexibility index (Phi) is 8.71. The molecule has 2 amide bonds. The van der Waals surface area contributed by atoms with Gasteiger partial charge >= 0.3 is 0 Å². The standard InChI is InChI=1S/C32H39F2N7O2/c1-5-20-10-14-32(15-11-20)36-28(23-16-24(33)18-25(34)17-23)30(43)41(32)26(12-13-31(2,3)4)21-6-8-22(9-7-21)29(42)35-19-27-37-39-40-38-27/h6-9,16-18,20,26H,5,10-15,19H2,1-4H3,(H,35,42)(H,37,38,39,40)/t20?,26-,32?/m1/s1. The van der Waals surface area contributed by atoms with Crippen LogP contribution in [-0.2, 0) is 11.3 Å². The molecule has 2 heterocycles. The van der Waals surface area contributed by atoms with Crippen molar-refractivity contribution in [3.8, 4) is 0 Å². The Morgan fingerprint density at radius 1 is 1.12 bits per heavy atom. The van der Waals surface area contributed by atoms with Crippen molar-refractivity contribution in [2.75, 3.05) is 0 Å². The number of aromatic nitrogens is 4. The van der Waals surface area contributed by atoms with Gasteiger partial charge in [-0.25, -0.2) is 8.78 Å². The molecule has 1 atom stereocenters. The molecule has 5 rings (SSSR count). The SMILES string of the molecule is CCC1CCC2(CC1)N=C(c1cc(F)cc(F)c1)C(=O)N2[C@H](CCC(C)(C)C)c1ccc(C(=O)NCc2nn[nH]n2)cc1. The molecule has 2 aliphatic rings. The smallest absolute Gasteiger partial charge is 0.275 e. The van der Waals surface area contributed by atoms with Gasteiger partial charge in [0.25, 0.3) is 11.8 Å². The monoisotopic (exact) mass is 591 g/mol. The van der Waals surface area contributed by atoms with Gasteiger partial charge in [-0.15, -0.1) is 10.2 Å². The highest BCUT2D eigenvalue weighted by Gasteiger charge is 2.51. The number of nitrogens with one attached hydrogen (secondary N) is 2. The number of halogens is 2. The van der Waals surface area contributed by atoms with Crippen molar-refractivity contribution in [1.82, 2.24) is 30.8 Å². The summed E-state index contributed by atoms with van der Waals surface area (Å²) in [7, 11) is 0. The molecule has 2 N–H and O–H groups in total. The number of aromatic amines is 1. The molecule has 43 heavy (non-hydrogen) atoms. The molecule has 11 heteroatoms. The van der Waals surface area contributed by atoms with E-state index in [1.54, 1.807) is 12.1 Å². The van der Waals surface area contributed by atoms with Gasteiger partial charge in [-0.3, -0.25) is 14.6 Å². The second kappa shape index (κ2) is 12.3. The fraction of sp³-hybridized carbons (Fsp3) is 0.500. The number of rotatable bonds is 9. The normalized spacial score (nSPS) is 21.3. The van der Waals surface area contributed by atoms with Gasteiger partial charge in [0.2, 0.25) is 0 Å². The Hall–Kier alpha value is -4.02. The number of aliphatic imine (C=N–C) groups is 1. The molecule has 1 aliphatic heterocycles. The van der Waals surface area contributed by atoms with Gasteiger partial charge in [-0.1, -0.05) is 51.5 Å². The summed E-state index contributed by atoms with van der Waals surface area (Å²) in [6.45, 7) is 8.79. The van der Waals surface area contributed by atoms with Crippen LogP contribution in [0, 0.1) is 23.0 Å². The first kappa shape index (κ1) is 30.4. The lowest BCUT2D eigenvalue weighted by Crippen LogP contribution is -2.51. The Morgan fingerprint density at radius 3 is 2.37 bits per heavy atom. The molecule has 0 radical (unpaired) electrons. The van der Waals surface area contributed by atoms with Crippen molar-refractivity contribution < 1.29 is 18.4 Å². The number of carbonyl (C=O) groups is 2. The van der Waals surface area contributed by atoms with Crippen molar-refractivity contribution in [3.05, 3.63) is 76.6 Å². The fourth-order valence-electron chi connectivity index (χ4n) is 6.21. The van der Waals surface area contributed by atoms with E-state index >= 15 is 0 Å². The van der Waals surface area contributed by atoms with E-state index in [1.165, 1.54) is 12.1 Å². The fourth-order valence-corrected chi connectivity index (χ4v) is 6.21. The van der Waals surface area contributed by atoms with Crippen LogP contribution in [0.1, 0.15) is 106 Å². The summed E-state index contributed by atoms with van der Waals surface area (Å²) in [5, 5.41) is 16.3. The largest absolute Gasteiger partial charge is 0.345 e. The molecule has 3 aromatic rings. The molecule has 1 fully saturated rings. The highest BCUT2D eigenvalue weighted by atomic mass is 19.1. The Morgan fingerprint density at radius 2 is 1.79 bits per heavy atom. The van der Waals surface area contributed by atoms with Crippen molar-refractivity contribution >= 4 is 17.5 Å².